The molecule has 2 aromatic rings. The van der Waals surface area contributed by atoms with Gasteiger partial charge in [0.15, 0.2) is 6.61 Å². The topological polar surface area (TPSA) is 102 Å². The number of carbonyl (C=O) groups excluding carboxylic acids is 2. The highest BCUT2D eigenvalue weighted by molar-refractivity contribution is 5.96. The van der Waals surface area contributed by atoms with Crippen molar-refractivity contribution in [3.05, 3.63) is 63.7 Å². The Bertz CT molecular complexity index is 831. The Morgan fingerprint density at radius 2 is 1.81 bits per heavy atom. The fourth-order valence-corrected chi connectivity index (χ4v) is 2.15. The van der Waals surface area contributed by atoms with E-state index in [0.717, 1.165) is 5.69 Å². The first-order valence-electron chi connectivity index (χ1n) is 7.77. The van der Waals surface area contributed by atoms with Crippen molar-refractivity contribution in [1.29, 1.82) is 0 Å². The lowest BCUT2D eigenvalue weighted by Crippen LogP contribution is -2.21. The van der Waals surface area contributed by atoms with Gasteiger partial charge in [-0.25, -0.2) is 4.79 Å². The van der Waals surface area contributed by atoms with Crippen LogP contribution in [0.1, 0.15) is 15.9 Å². The second-order valence-corrected chi connectivity index (χ2v) is 5.82. The summed E-state index contributed by atoms with van der Waals surface area (Å²) in [6.45, 7) is 1.22. The van der Waals surface area contributed by atoms with Crippen molar-refractivity contribution in [3.8, 4) is 0 Å². The SMILES string of the molecule is Cc1ccc([N+](=O)[O-])cc1NC(=O)COC(=O)c1ccc(N(C)C)cc1. The molecule has 0 aromatic heterocycles. The van der Waals surface area contributed by atoms with E-state index in [2.05, 4.69) is 5.32 Å². The van der Waals surface area contributed by atoms with Crippen molar-refractivity contribution >= 4 is 28.9 Å². The van der Waals surface area contributed by atoms with Gasteiger partial charge in [-0.05, 0) is 36.8 Å². The van der Waals surface area contributed by atoms with Crippen LogP contribution in [-0.2, 0) is 9.53 Å². The van der Waals surface area contributed by atoms with Gasteiger partial charge in [0.25, 0.3) is 11.6 Å². The summed E-state index contributed by atoms with van der Waals surface area (Å²) in [5, 5.41) is 13.3. The largest absolute Gasteiger partial charge is 0.452 e. The Morgan fingerprint density at radius 3 is 2.38 bits per heavy atom. The summed E-state index contributed by atoms with van der Waals surface area (Å²) in [6.07, 6.45) is 0. The smallest absolute Gasteiger partial charge is 0.338 e. The van der Waals surface area contributed by atoms with E-state index >= 15 is 0 Å². The molecule has 0 radical (unpaired) electrons. The maximum absolute atomic E-state index is 12.0. The van der Waals surface area contributed by atoms with Crippen molar-refractivity contribution in [1.82, 2.24) is 0 Å². The molecule has 0 aliphatic heterocycles. The Hall–Kier alpha value is -3.42. The van der Waals surface area contributed by atoms with Crippen LogP contribution in [0.25, 0.3) is 0 Å². The average Bonchev–Trinajstić information content (AvgIpc) is 2.61. The summed E-state index contributed by atoms with van der Waals surface area (Å²) >= 11 is 0. The number of carbonyl (C=O) groups is 2. The summed E-state index contributed by atoms with van der Waals surface area (Å²) in [4.78, 5) is 36.1. The third kappa shape index (κ3) is 4.79. The number of ether oxygens (including phenoxy) is 1. The molecule has 0 saturated heterocycles. The zero-order valence-corrected chi connectivity index (χ0v) is 14.7. The van der Waals surface area contributed by atoms with Gasteiger partial charge < -0.3 is 15.0 Å². The van der Waals surface area contributed by atoms with Gasteiger partial charge in [0.05, 0.1) is 16.2 Å². The number of amides is 1. The molecular formula is C18H19N3O5. The number of rotatable bonds is 6. The van der Waals surface area contributed by atoms with Crippen molar-refractivity contribution in [2.75, 3.05) is 30.9 Å². The van der Waals surface area contributed by atoms with Crippen molar-refractivity contribution in [3.63, 3.8) is 0 Å². The standard InChI is InChI=1S/C18H19N3O5/c1-12-4-7-15(21(24)25)10-16(12)19-17(22)11-26-18(23)13-5-8-14(9-6-13)20(2)3/h4-10H,11H2,1-3H3,(H,19,22). The fraction of sp³-hybridized carbons (Fsp3) is 0.222. The van der Waals surface area contributed by atoms with Gasteiger partial charge in [-0.3, -0.25) is 14.9 Å². The quantitative estimate of drug-likeness (QED) is 0.484. The highest BCUT2D eigenvalue weighted by atomic mass is 16.6. The van der Waals surface area contributed by atoms with Gasteiger partial charge in [-0.1, -0.05) is 6.07 Å². The Kier molecular flexibility index (Phi) is 5.90. The van der Waals surface area contributed by atoms with Gasteiger partial charge in [-0.15, -0.1) is 0 Å². The zero-order valence-electron chi connectivity index (χ0n) is 14.7. The number of esters is 1. The molecular weight excluding hydrogens is 338 g/mol. The van der Waals surface area contributed by atoms with Gasteiger partial charge >= 0.3 is 5.97 Å². The maximum atomic E-state index is 12.0. The summed E-state index contributed by atoms with van der Waals surface area (Å²) in [5.41, 5.74) is 2.09. The van der Waals surface area contributed by atoms with Crippen molar-refractivity contribution in [2.24, 2.45) is 0 Å². The van der Waals surface area contributed by atoms with E-state index in [1.807, 2.05) is 19.0 Å². The minimum Gasteiger partial charge on any atom is -0.452 e. The number of hydrogen-bond donors (Lipinski definition) is 1. The maximum Gasteiger partial charge on any atom is 0.338 e. The highest BCUT2D eigenvalue weighted by Crippen LogP contribution is 2.21. The summed E-state index contributed by atoms with van der Waals surface area (Å²) < 4.78 is 4.98. The zero-order chi connectivity index (χ0) is 19.3. The van der Waals surface area contributed by atoms with Crippen molar-refractivity contribution in [2.45, 2.75) is 6.92 Å². The molecule has 136 valence electrons. The molecule has 1 N–H and O–H groups in total. The molecule has 0 aliphatic carbocycles. The second kappa shape index (κ2) is 8.11. The molecule has 0 bridgehead atoms. The minimum atomic E-state index is -0.624. The van der Waals surface area contributed by atoms with Crippen LogP contribution in [0.3, 0.4) is 0 Å². The normalized spacial score (nSPS) is 10.1. The Labute approximate surface area is 150 Å². The monoisotopic (exact) mass is 357 g/mol. The number of nitro groups is 1. The summed E-state index contributed by atoms with van der Waals surface area (Å²) in [5.74, 6) is -1.20. The number of hydrogen-bond acceptors (Lipinski definition) is 6. The molecule has 8 nitrogen and oxygen atoms in total. The van der Waals surface area contributed by atoms with E-state index in [1.54, 1.807) is 31.2 Å². The van der Waals surface area contributed by atoms with E-state index < -0.39 is 23.4 Å². The molecule has 8 heteroatoms. The first-order valence-corrected chi connectivity index (χ1v) is 7.77. The lowest BCUT2D eigenvalue weighted by atomic mass is 10.2. The predicted molar refractivity (Wildman–Crippen MR) is 97.5 cm³/mol. The molecule has 2 aromatic carbocycles. The first kappa shape index (κ1) is 18.9. The fourth-order valence-electron chi connectivity index (χ4n) is 2.15. The van der Waals surface area contributed by atoms with E-state index in [9.17, 15) is 19.7 Å². The third-order valence-electron chi connectivity index (χ3n) is 3.66. The Balaban J connectivity index is 1.95. The molecule has 2 rings (SSSR count). The average molecular weight is 357 g/mol. The van der Waals surface area contributed by atoms with Gasteiger partial charge in [0, 0.05) is 31.9 Å². The molecule has 0 atom stereocenters. The summed E-state index contributed by atoms with van der Waals surface area (Å²) in [7, 11) is 3.77. The molecule has 0 aliphatic rings. The third-order valence-corrected chi connectivity index (χ3v) is 3.66. The van der Waals surface area contributed by atoms with Gasteiger partial charge in [0.1, 0.15) is 0 Å². The van der Waals surface area contributed by atoms with E-state index in [-0.39, 0.29) is 5.69 Å². The van der Waals surface area contributed by atoms with Crippen LogP contribution in [0.4, 0.5) is 17.1 Å². The number of benzene rings is 2. The number of aryl methyl sites for hydroxylation is 1. The van der Waals surface area contributed by atoms with E-state index in [4.69, 9.17) is 4.74 Å². The van der Waals surface area contributed by atoms with E-state index in [0.29, 0.717) is 16.8 Å². The lowest BCUT2D eigenvalue weighted by molar-refractivity contribution is -0.384. The van der Waals surface area contributed by atoms with Crippen molar-refractivity contribution < 1.29 is 19.2 Å². The summed E-state index contributed by atoms with van der Waals surface area (Å²) in [6, 6.07) is 10.9. The number of nitro benzene ring substituents is 1. The number of nitrogens with one attached hydrogen (secondary N) is 1. The molecule has 26 heavy (non-hydrogen) atoms. The van der Waals surface area contributed by atoms with Crippen LogP contribution < -0.4 is 10.2 Å². The second-order valence-electron chi connectivity index (χ2n) is 5.82. The van der Waals surface area contributed by atoms with Crippen LogP contribution in [-0.4, -0.2) is 37.5 Å². The Morgan fingerprint density at radius 1 is 1.15 bits per heavy atom. The van der Waals surface area contributed by atoms with Gasteiger partial charge in [-0.2, -0.15) is 0 Å². The van der Waals surface area contributed by atoms with Crippen LogP contribution >= 0.6 is 0 Å². The van der Waals surface area contributed by atoms with Gasteiger partial charge in [0.2, 0.25) is 0 Å². The predicted octanol–water partition coefficient (Wildman–Crippen LogP) is 2.76. The molecule has 0 spiro atoms. The molecule has 1 amide bonds. The minimum absolute atomic E-state index is 0.135. The molecule has 0 fully saturated rings. The number of non-ortho nitro benzene ring substituents is 1. The molecule has 0 unspecified atom stereocenters. The lowest BCUT2D eigenvalue weighted by Gasteiger charge is -2.12. The van der Waals surface area contributed by atoms with Crippen LogP contribution in [0.15, 0.2) is 42.5 Å². The van der Waals surface area contributed by atoms with Crippen LogP contribution in [0.2, 0.25) is 0 Å². The number of nitrogens with zero attached hydrogens (tertiary/aromatic N) is 2. The van der Waals surface area contributed by atoms with Crippen LogP contribution in [0.5, 0.6) is 0 Å². The number of anilines is 2. The molecule has 0 heterocycles. The molecule has 0 saturated carbocycles. The highest BCUT2D eigenvalue weighted by Gasteiger charge is 2.14. The van der Waals surface area contributed by atoms with E-state index in [1.165, 1.54) is 18.2 Å². The van der Waals surface area contributed by atoms with Crippen LogP contribution in [0, 0.1) is 17.0 Å². The first-order chi connectivity index (χ1) is 12.3.